The Labute approximate surface area is 226 Å². The lowest BCUT2D eigenvalue weighted by Gasteiger charge is -2.28. The van der Waals surface area contributed by atoms with Crippen molar-refractivity contribution in [2.45, 2.75) is 32.2 Å². The number of amides is 1. The number of carboxylic acid groups (broad SMARTS) is 1. The summed E-state index contributed by atoms with van der Waals surface area (Å²) < 4.78 is 13.2. The molecule has 1 heterocycles. The van der Waals surface area contributed by atoms with Crippen molar-refractivity contribution in [3.8, 4) is 11.5 Å². The van der Waals surface area contributed by atoms with Crippen LogP contribution in [0.2, 0.25) is 0 Å². The molecule has 0 radical (unpaired) electrons. The number of benzene rings is 2. The molecule has 0 bridgehead atoms. The number of ether oxygens (including phenoxy) is 2. The van der Waals surface area contributed by atoms with Gasteiger partial charge in [-0.3, -0.25) is 9.59 Å². The highest BCUT2D eigenvalue weighted by Crippen LogP contribution is 2.40. The Morgan fingerprint density at radius 2 is 1.84 bits per heavy atom. The van der Waals surface area contributed by atoms with Gasteiger partial charge in [0, 0.05) is 18.6 Å². The minimum absolute atomic E-state index is 0.152. The zero-order chi connectivity index (χ0) is 27.3. The van der Waals surface area contributed by atoms with Gasteiger partial charge in [-0.15, -0.1) is 11.3 Å². The maximum Gasteiger partial charge on any atom is 0.304 e. The van der Waals surface area contributed by atoms with Gasteiger partial charge in [0.25, 0.3) is 0 Å². The van der Waals surface area contributed by atoms with E-state index >= 15 is 0 Å². The average molecular weight is 543 g/mol. The van der Waals surface area contributed by atoms with Gasteiger partial charge in [-0.05, 0) is 24.0 Å². The second-order valence-corrected chi connectivity index (χ2v) is 11.7. The number of nitrogens with one attached hydrogen (secondary N) is 1. The van der Waals surface area contributed by atoms with Gasteiger partial charge in [-0.1, -0.05) is 24.3 Å². The van der Waals surface area contributed by atoms with E-state index in [1.54, 1.807) is 7.11 Å². The zero-order valence-corrected chi connectivity index (χ0v) is 23.0. The summed E-state index contributed by atoms with van der Waals surface area (Å²) in [4.78, 5) is 29.7. The molecule has 0 spiro atoms. The minimum Gasteiger partial charge on any atom is -0.493 e. The molecule has 0 aliphatic heterocycles. The molecule has 9 nitrogen and oxygen atoms in total. The summed E-state index contributed by atoms with van der Waals surface area (Å²) in [5.74, 6) is -0.0228. The van der Waals surface area contributed by atoms with Crippen molar-refractivity contribution in [3.05, 3.63) is 52.5 Å². The number of carboxylic acids is 1. The summed E-state index contributed by atoms with van der Waals surface area (Å²) in [5, 5.41) is 22.4. The Hall–Kier alpha value is -3.21. The Morgan fingerprint density at radius 3 is 2.47 bits per heavy atom. The number of aliphatic hydroxyl groups is 1. The van der Waals surface area contributed by atoms with Crippen LogP contribution in [0, 0.1) is 5.41 Å². The first-order valence-electron chi connectivity index (χ1n) is 12.7. The minimum atomic E-state index is -0.999. The molecule has 0 unspecified atom stereocenters. The Morgan fingerprint density at radius 1 is 1.13 bits per heavy atom. The van der Waals surface area contributed by atoms with Crippen LogP contribution in [-0.2, 0) is 29.0 Å². The number of carbonyl (C=O) groups is 2. The Kier molecular flexibility index (Phi) is 8.54. The molecule has 0 saturated heterocycles. The predicted octanol–water partition coefficient (Wildman–Crippen LogP) is 3.02. The van der Waals surface area contributed by atoms with Crippen molar-refractivity contribution in [1.29, 1.82) is 0 Å². The van der Waals surface area contributed by atoms with Crippen LogP contribution in [0.15, 0.2) is 36.4 Å². The molecule has 2 aromatic carbocycles. The van der Waals surface area contributed by atoms with Gasteiger partial charge >= 0.3 is 5.97 Å². The van der Waals surface area contributed by atoms with Gasteiger partial charge in [0.1, 0.15) is 11.6 Å². The van der Waals surface area contributed by atoms with E-state index in [1.165, 1.54) is 11.3 Å². The number of carbonyl (C=O) groups excluding carboxylic acids is 1. The number of likely N-dealkylation sites (N-methyl/N-ethyl adjacent to an activating group) is 1. The SMILES string of the molecule is COc1cc2sc(CNC(=O)C3(CC(=O)O)Cc4ccccc4C3)nc2cc1OCCC[N+](C)(C)CCO. The normalized spacial score (nSPS) is 14.3. The number of methoxy groups -OCH3 is 1. The van der Waals surface area contributed by atoms with Crippen LogP contribution in [0.25, 0.3) is 10.2 Å². The van der Waals surface area contributed by atoms with Gasteiger partial charge in [0.05, 0.1) is 69.6 Å². The van der Waals surface area contributed by atoms with E-state index in [4.69, 9.17) is 9.47 Å². The molecular weight excluding hydrogens is 506 g/mol. The molecule has 1 aromatic heterocycles. The molecule has 0 fully saturated rings. The van der Waals surface area contributed by atoms with Crippen LogP contribution < -0.4 is 14.8 Å². The number of fused-ring (bicyclic) bond motifs is 2. The molecule has 1 aliphatic rings. The number of nitrogens with zero attached hydrogens (tertiary/aromatic N) is 2. The number of quaternary nitrogens is 1. The number of aromatic nitrogens is 1. The van der Waals surface area contributed by atoms with Crippen LogP contribution in [0.1, 0.15) is 29.0 Å². The lowest BCUT2D eigenvalue weighted by molar-refractivity contribution is -0.890. The third-order valence-electron chi connectivity index (χ3n) is 7.14. The van der Waals surface area contributed by atoms with Crippen molar-refractivity contribution in [3.63, 3.8) is 0 Å². The third kappa shape index (κ3) is 6.43. The fourth-order valence-electron chi connectivity index (χ4n) is 5.08. The highest BCUT2D eigenvalue weighted by molar-refractivity contribution is 7.18. The van der Waals surface area contributed by atoms with Gasteiger partial charge in [0.2, 0.25) is 5.91 Å². The van der Waals surface area contributed by atoms with E-state index in [9.17, 15) is 19.8 Å². The van der Waals surface area contributed by atoms with Gasteiger partial charge < -0.3 is 29.5 Å². The smallest absolute Gasteiger partial charge is 0.304 e. The summed E-state index contributed by atoms with van der Waals surface area (Å²) in [5.41, 5.74) is 1.81. The number of rotatable bonds is 13. The fourth-order valence-corrected chi connectivity index (χ4v) is 6.00. The van der Waals surface area contributed by atoms with Crippen molar-refractivity contribution >= 4 is 33.4 Å². The topological polar surface area (TPSA) is 118 Å². The number of aliphatic carboxylic acids is 1. The number of hydrogen-bond donors (Lipinski definition) is 3. The standard InChI is InChI=1S/C28H35N3O6S/c1-31(2,10-11-32)9-6-12-37-23-13-21-24(14-22(23)36-3)38-25(30-21)18-29-27(35)28(17-26(33)34)15-19-7-4-5-8-20(19)16-28/h4-5,7-8,13-14,32H,6,9-12,15-18H2,1-3H3,(H-,29,33,34,35)/p+1. The van der Waals surface area contributed by atoms with Crippen LogP contribution in [0.3, 0.4) is 0 Å². The lowest BCUT2D eigenvalue weighted by atomic mass is 9.80. The largest absolute Gasteiger partial charge is 0.493 e. The molecule has 4 rings (SSSR count). The molecule has 3 aromatic rings. The summed E-state index contributed by atoms with van der Waals surface area (Å²) in [6.45, 7) is 2.44. The van der Waals surface area contributed by atoms with Gasteiger partial charge in [-0.25, -0.2) is 4.98 Å². The first kappa shape index (κ1) is 27.8. The number of thiazole rings is 1. The number of hydrogen-bond acceptors (Lipinski definition) is 7. The second kappa shape index (κ2) is 11.7. The first-order chi connectivity index (χ1) is 18.1. The summed E-state index contributed by atoms with van der Waals surface area (Å²) >= 11 is 1.45. The molecule has 3 N–H and O–H groups in total. The quantitative estimate of drug-likeness (QED) is 0.224. The van der Waals surface area contributed by atoms with Crippen molar-refractivity contribution < 1.29 is 33.8 Å². The molecular formula is C28H36N3O6S+. The van der Waals surface area contributed by atoms with Crippen LogP contribution in [0.5, 0.6) is 11.5 Å². The van der Waals surface area contributed by atoms with E-state index in [2.05, 4.69) is 24.4 Å². The van der Waals surface area contributed by atoms with Gasteiger partial charge in [0.15, 0.2) is 11.5 Å². The van der Waals surface area contributed by atoms with E-state index in [0.717, 1.165) is 43.8 Å². The fraction of sp³-hybridized carbons (Fsp3) is 0.464. The number of aliphatic hydroxyl groups excluding tert-OH is 1. The summed E-state index contributed by atoms with van der Waals surface area (Å²) in [7, 11) is 5.75. The van der Waals surface area contributed by atoms with Gasteiger partial charge in [-0.2, -0.15) is 0 Å². The summed E-state index contributed by atoms with van der Waals surface area (Å²) in [6.07, 6.45) is 1.43. The van der Waals surface area contributed by atoms with Crippen molar-refractivity contribution in [2.24, 2.45) is 5.41 Å². The second-order valence-electron chi connectivity index (χ2n) is 10.5. The predicted molar refractivity (Wildman–Crippen MR) is 146 cm³/mol. The van der Waals surface area contributed by atoms with Crippen LogP contribution in [-0.4, -0.2) is 79.1 Å². The third-order valence-corrected chi connectivity index (χ3v) is 8.15. The van der Waals surface area contributed by atoms with E-state index in [1.807, 2.05) is 36.4 Å². The Balaban J connectivity index is 1.42. The van der Waals surface area contributed by atoms with Crippen molar-refractivity contribution in [2.75, 3.05) is 47.5 Å². The van der Waals surface area contributed by atoms with Crippen LogP contribution in [0.4, 0.5) is 0 Å². The highest BCUT2D eigenvalue weighted by atomic mass is 32.1. The molecule has 38 heavy (non-hydrogen) atoms. The van der Waals surface area contributed by atoms with E-state index in [-0.39, 0.29) is 25.5 Å². The van der Waals surface area contributed by atoms with Crippen molar-refractivity contribution in [1.82, 2.24) is 10.3 Å². The summed E-state index contributed by atoms with van der Waals surface area (Å²) in [6, 6.07) is 11.5. The highest BCUT2D eigenvalue weighted by Gasteiger charge is 2.45. The molecule has 204 valence electrons. The lowest BCUT2D eigenvalue weighted by Crippen LogP contribution is -2.43. The zero-order valence-electron chi connectivity index (χ0n) is 22.2. The Bertz CT molecular complexity index is 1280. The van der Waals surface area contributed by atoms with E-state index < -0.39 is 11.4 Å². The molecule has 0 atom stereocenters. The molecule has 1 amide bonds. The molecule has 0 saturated carbocycles. The average Bonchev–Trinajstić information content (AvgIpc) is 3.44. The maximum atomic E-state index is 13.3. The first-order valence-corrected chi connectivity index (χ1v) is 13.6. The van der Waals surface area contributed by atoms with Crippen LogP contribution >= 0.6 is 11.3 Å². The monoisotopic (exact) mass is 542 g/mol. The van der Waals surface area contributed by atoms with E-state index in [0.29, 0.717) is 37.5 Å². The maximum absolute atomic E-state index is 13.3. The molecule has 10 heteroatoms. The molecule has 1 aliphatic carbocycles.